The molecule has 0 aromatic rings. The Morgan fingerprint density at radius 1 is 1.40 bits per heavy atom. The molecule has 1 heterocycles. The third kappa shape index (κ3) is 4.67. The van der Waals surface area contributed by atoms with Crippen molar-refractivity contribution in [1.29, 1.82) is 0 Å². The molecule has 10 heteroatoms. The van der Waals surface area contributed by atoms with Crippen LogP contribution >= 0.6 is 23.9 Å². The van der Waals surface area contributed by atoms with Crippen molar-refractivity contribution in [2.24, 2.45) is 10.1 Å². The highest BCUT2D eigenvalue weighted by Crippen LogP contribution is 2.34. The molecule has 2 amide bonds. The lowest BCUT2D eigenvalue weighted by Crippen LogP contribution is -2.26. The van der Waals surface area contributed by atoms with E-state index in [1.54, 1.807) is 6.92 Å². The van der Waals surface area contributed by atoms with Gasteiger partial charge in [0.05, 0.1) is 17.8 Å². The highest BCUT2D eigenvalue weighted by atomic mass is 32.2. The third-order valence-corrected chi connectivity index (χ3v) is 3.99. The van der Waals surface area contributed by atoms with Crippen molar-refractivity contribution in [2.75, 3.05) is 14.1 Å². The summed E-state index contributed by atoms with van der Waals surface area (Å²) in [4.78, 5) is 30.7. The van der Waals surface area contributed by atoms with E-state index in [1.807, 2.05) is 13.8 Å². The standard InChI is InChI=1S/C10H15FN4O3S2/c1-6-7(19-10(2,3)12-6)13-18-9(17)15(5)20-14(4)8(11)16/h1-5H3. The van der Waals surface area contributed by atoms with Gasteiger partial charge >= 0.3 is 12.3 Å². The Morgan fingerprint density at radius 3 is 2.45 bits per heavy atom. The lowest BCUT2D eigenvalue weighted by Gasteiger charge is -2.17. The van der Waals surface area contributed by atoms with Gasteiger partial charge < -0.3 is 0 Å². The Balaban J connectivity index is 2.56. The summed E-state index contributed by atoms with van der Waals surface area (Å²) >= 11 is 1.93. The van der Waals surface area contributed by atoms with E-state index in [-0.39, 0.29) is 4.87 Å². The number of halogens is 1. The maximum atomic E-state index is 12.3. The largest absolute Gasteiger partial charge is 0.447 e. The minimum Gasteiger partial charge on any atom is -0.296 e. The van der Waals surface area contributed by atoms with Crippen molar-refractivity contribution >= 4 is 46.9 Å². The minimum atomic E-state index is -1.67. The normalized spacial score (nSPS) is 18.7. The van der Waals surface area contributed by atoms with Crippen LogP contribution in [0, 0.1) is 0 Å². The van der Waals surface area contributed by atoms with E-state index in [2.05, 4.69) is 10.1 Å². The molecule has 112 valence electrons. The molecule has 1 rings (SSSR count). The van der Waals surface area contributed by atoms with E-state index >= 15 is 0 Å². The van der Waals surface area contributed by atoms with Crippen LogP contribution in [0.2, 0.25) is 0 Å². The molecule has 20 heavy (non-hydrogen) atoms. The molecule has 0 saturated heterocycles. The van der Waals surface area contributed by atoms with Gasteiger partial charge in [0.2, 0.25) is 0 Å². The molecule has 0 radical (unpaired) electrons. The van der Waals surface area contributed by atoms with Gasteiger partial charge in [-0.2, -0.15) is 0 Å². The van der Waals surface area contributed by atoms with Crippen molar-refractivity contribution < 1.29 is 18.8 Å². The summed E-state index contributed by atoms with van der Waals surface area (Å²) in [6.07, 6.45) is -2.49. The molecule has 0 atom stereocenters. The van der Waals surface area contributed by atoms with Gasteiger partial charge in [0.15, 0.2) is 5.04 Å². The summed E-state index contributed by atoms with van der Waals surface area (Å²) in [5.74, 6) is 0. The van der Waals surface area contributed by atoms with E-state index in [0.717, 1.165) is 4.31 Å². The average Bonchev–Trinajstić information content (AvgIpc) is 2.58. The van der Waals surface area contributed by atoms with Crippen molar-refractivity contribution in [3.63, 3.8) is 0 Å². The first-order valence-corrected chi connectivity index (χ1v) is 7.07. The second kappa shape index (κ2) is 6.44. The lowest BCUT2D eigenvalue weighted by atomic mass is 10.4. The fourth-order valence-electron chi connectivity index (χ4n) is 1.26. The lowest BCUT2D eigenvalue weighted by molar-refractivity contribution is 0.137. The fraction of sp³-hybridized carbons (Fsp3) is 0.600. The number of rotatable bonds is 3. The van der Waals surface area contributed by atoms with Crippen LogP contribution < -0.4 is 0 Å². The van der Waals surface area contributed by atoms with Gasteiger partial charge in [-0.3, -0.25) is 9.83 Å². The molecular formula is C10H15FN4O3S2. The Morgan fingerprint density at radius 2 is 2.00 bits per heavy atom. The van der Waals surface area contributed by atoms with E-state index in [9.17, 15) is 14.0 Å². The molecule has 1 aliphatic heterocycles. The van der Waals surface area contributed by atoms with Gasteiger partial charge in [-0.05, 0) is 20.8 Å². The van der Waals surface area contributed by atoms with Gasteiger partial charge in [-0.15, -0.1) is 4.39 Å². The van der Waals surface area contributed by atoms with Crippen LogP contribution in [-0.2, 0) is 4.84 Å². The Labute approximate surface area is 124 Å². The van der Waals surface area contributed by atoms with E-state index < -0.39 is 12.3 Å². The van der Waals surface area contributed by atoms with Gasteiger partial charge in [0.1, 0.15) is 4.87 Å². The number of nitrogens with zero attached hydrogens (tertiary/aromatic N) is 4. The summed E-state index contributed by atoms with van der Waals surface area (Å²) in [7, 11) is 2.52. The molecule has 0 spiro atoms. The maximum absolute atomic E-state index is 12.3. The first-order chi connectivity index (χ1) is 9.12. The van der Waals surface area contributed by atoms with Crippen molar-refractivity contribution in [2.45, 2.75) is 25.6 Å². The van der Waals surface area contributed by atoms with Crippen molar-refractivity contribution in [1.82, 2.24) is 8.61 Å². The molecular weight excluding hydrogens is 307 g/mol. The first kappa shape index (κ1) is 16.8. The van der Waals surface area contributed by atoms with Crippen LogP contribution in [0.15, 0.2) is 10.1 Å². The van der Waals surface area contributed by atoms with Crippen molar-refractivity contribution in [3.8, 4) is 0 Å². The predicted octanol–water partition coefficient (Wildman–Crippen LogP) is 2.90. The second-order valence-electron chi connectivity index (χ2n) is 4.33. The Kier molecular flexibility index (Phi) is 5.40. The number of hydrogen-bond acceptors (Lipinski definition) is 7. The summed E-state index contributed by atoms with van der Waals surface area (Å²) in [6.45, 7) is 5.59. The molecule has 0 fully saturated rings. The molecule has 1 aliphatic rings. The first-order valence-electron chi connectivity index (χ1n) is 5.52. The summed E-state index contributed by atoms with van der Waals surface area (Å²) in [6, 6.07) is 0. The van der Waals surface area contributed by atoms with E-state index in [4.69, 9.17) is 4.84 Å². The fourth-order valence-corrected chi connectivity index (χ4v) is 2.71. The van der Waals surface area contributed by atoms with E-state index in [1.165, 1.54) is 25.9 Å². The van der Waals surface area contributed by atoms with Crippen LogP contribution in [0.3, 0.4) is 0 Å². The molecule has 0 unspecified atom stereocenters. The van der Waals surface area contributed by atoms with Crippen LogP contribution in [0.5, 0.6) is 0 Å². The van der Waals surface area contributed by atoms with E-state index in [0.29, 0.717) is 27.2 Å². The zero-order valence-corrected chi connectivity index (χ0v) is 13.3. The Bertz CT molecular complexity index is 481. The smallest absolute Gasteiger partial charge is 0.296 e. The molecule has 0 bridgehead atoms. The number of thioether (sulfide) groups is 1. The average molecular weight is 322 g/mol. The van der Waals surface area contributed by atoms with Crippen LogP contribution in [0.25, 0.3) is 0 Å². The third-order valence-electron chi connectivity index (χ3n) is 2.05. The zero-order chi connectivity index (χ0) is 15.5. The topological polar surface area (TPSA) is 74.6 Å². The Hall–Kier alpha value is -1.29. The highest BCUT2D eigenvalue weighted by molar-refractivity contribution is 8.17. The van der Waals surface area contributed by atoms with Crippen LogP contribution in [-0.4, -0.2) is 50.6 Å². The molecule has 0 aromatic heterocycles. The predicted molar refractivity (Wildman–Crippen MR) is 78.3 cm³/mol. The van der Waals surface area contributed by atoms with Crippen LogP contribution in [0.1, 0.15) is 20.8 Å². The minimum absolute atomic E-state index is 0.336. The molecule has 0 saturated carbocycles. The summed E-state index contributed by atoms with van der Waals surface area (Å²) in [5.41, 5.74) is 0.680. The monoisotopic (exact) mass is 322 g/mol. The molecule has 7 nitrogen and oxygen atoms in total. The van der Waals surface area contributed by atoms with Crippen LogP contribution in [0.4, 0.5) is 14.0 Å². The number of amides is 2. The molecule has 0 aliphatic carbocycles. The van der Waals surface area contributed by atoms with Gasteiger partial charge in [-0.25, -0.2) is 18.2 Å². The van der Waals surface area contributed by atoms with Gasteiger partial charge in [-0.1, -0.05) is 16.9 Å². The zero-order valence-electron chi connectivity index (χ0n) is 11.7. The number of hydrogen-bond donors (Lipinski definition) is 0. The molecule has 0 aromatic carbocycles. The quantitative estimate of drug-likeness (QED) is 0.262. The number of carbonyl (C=O) groups is 2. The SMILES string of the molecule is CC1=NC(C)(C)SC1=NOC(=O)N(C)SN(C)C(=O)F. The summed E-state index contributed by atoms with van der Waals surface area (Å²) in [5, 5.41) is 4.23. The molecule has 0 N–H and O–H groups in total. The number of carbonyl (C=O) groups excluding carboxylic acids is 2. The van der Waals surface area contributed by atoms with Gasteiger partial charge in [0, 0.05) is 14.1 Å². The number of oxime groups is 1. The maximum Gasteiger partial charge on any atom is 0.447 e. The number of aliphatic imine (C=N–C) groups is 1. The van der Waals surface area contributed by atoms with Gasteiger partial charge in [0.25, 0.3) is 0 Å². The second-order valence-corrected chi connectivity index (χ2v) is 7.18. The highest BCUT2D eigenvalue weighted by Gasteiger charge is 2.30. The van der Waals surface area contributed by atoms with Crippen molar-refractivity contribution in [3.05, 3.63) is 0 Å². The summed E-state index contributed by atoms with van der Waals surface area (Å²) < 4.78 is 13.9.